The quantitative estimate of drug-likeness (QED) is 0.766. The molecule has 106 valence electrons. The molecular weight excluding hydrogens is 277 g/mol. The van der Waals surface area contributed by atoms with Crippen LogP contribution in [0.2, 0.25) is 5.15 Å². The van der Waals surface area contributed by atoms with Crippen molar-refractivity contribution in [1.82, 2.24) is 9.97 Å². The minimum atomic E-state index is -0.269. The zero-order valence-electron chi connectivity index (χ0n) is 11.6. The fraction of sp³-hybridized carbons (Fsp3) is 0.333. The van der Waals surface area contributed by atoms with Crippen molar-refractivity contribution in [2.75, 3.05) is 11.4 Å². The third-order valence-corrected chi connectivity index (χ3v) is 3.11. The van der Waals surface area contributed by atoms with E-state index in [0.717, 1.165) is 18.5 Å². The molecule has 3 nitrogen and oxygen atoms in total. The molecule has 0 aliphatic carbocycles. The van der Waals surface area contributed by atoms with Gasteiger partial charge in [-0.25, -0.2) is 14.4 Å². The van der Waals surface area contributed by atoms with Gasteiger partial charge in [-0.2, -0.15) is 0 Å². The van der Waals surface area contributed by atoms with Crippen molar-refractivity contribution in [2.24, 2.45) is 0 Å². The van der Waals surface area contributed by atoms with Gasteiger partial charge in [0.05, 0.1) is 0 Å². The summed E-state index contributed by atoms with van der Waals surface area (Å²) in [5.74, 6) is 1.14. The lowest BCUT2D eigenvalue weighted by Gasteiger charge is -2.22. The lowest BCUT2D eigenvalue weighted by molar-refractivity contribution is 0.627. The molecule has 5 heteroatoms. The van der Waals surface area contributed by atoms with Gasteiger partial charge in [-0.05, 0) is 31.5 Å². The first kappa shape index (κ1) is 14.7. The fourth-order valence-corrected chi connectivity index (χ4v) is 2.24. The Kier molecular flexibility index (Phi) is 4.90. The maximum Gasteiger partial charge on any atom is 0.138 e. The average molecular weight is 294 g/mol. The molecule has 0 amide bonds. The number of benzene rings is 1. The maximum atomic E-state index is 13.4. The van der Waals surface area contributed by atoms with E-state index in [1.807, 2.05) is 17.9 Å². The van der Waals surface area contributed by atoms with Gasteiger partial charge in [-0.15, -0.1) is 0 Å². The van der Waals surface area contributed by atoms with Crippen LogP contribution in [-0.2, 0) is 6.42 Å². The van der Waals surface area contributed by atoms with Crippen LogP contribution >= 0.6 is 11.6 Å². The SMILES string of the molecule is CCCc1nc(Cl)cc(N(CC)c2cccc(F)c2)n1. The number of halogens is 2. The zero-order chi connectivity index (χ0) is 14.5. The lowest BCUT2D eigenvalue weighted by Crippen LogP contribution is -2.18. The van der Waals surface area contributed by atoms with E-state index in [1.54, 1.807) is 12.1 Å². The third-order valence-electron chi connectivity index (χ3n) is 2.91. The largest absolute Gasteiger partial charge is 0.326 e. The van der Waals surface area contributed by atoms with Gasteiger partial charge in [-0.1, -0.05) is 24.6 Å². The van der Waals surface area contributed by atoms with Crippen molar-refractivity contribution in [2.45, 2.75) is 26.7 Å². The molecule has 20 heavy (non-hydrogen) atoms. The van der Waals surface area contributed by atoms with Crippen LogP contribution in [-0.4, -0.2) is 16.5 Å². The van der Waals surface area contributed by atoms with Crippen LogP contribution in [0.15, 0.2) is 30.3 Å². The summed E-state index contributed by atoms with van der Waals surface area (Å²) in [7, 11) is 0. The van der Waals surface area contributed by atoms with E-state index in [1.165, 1.54) is 12.1 Å². The van der Waals surface area contributed by atoms with E-state index in [9.17, 15) is 4.39 Å². The molecule has 0 bridgehead atoms. The summed E-state index contributed by atoms with van der Waals surface area (Å²) in [6.45, 7) is 4.72. The molecule has 2 rings (SSSR count). The monoisotopic (exact) mass is 293 g/mol. The Morgan fingerprint density at radius 3 is 2.65 bits per heavy atom. The first-order valence-corrected chi connectivity index (χ1v) is 7.08. The van der Waals surface area contributed by atoms with Crippen molar-refractivity contribution >= 4 is 23.1 Å². The second kappa shape index (κ2) is 6.66. The van der Waals surface area contributed by atoms with E-state index < -0.39 is 0 Å². The Labute approximate surface area is 123 Å². The van der Waals surface area contributed by atoms with Crippen LogP contribution in [0.3, 0.4) is 0 Å². The smallest absolute Gasteiger partial charge is 0.138 e. The molecular formula is C15H17ClFN3. The first-order chi connectivity index (χ1) is 9.63. The summed E-state index contributed by atoms with van der Waals surface area (Å²) in [4.78, 5) is 10.6. The molecule has 0 saturated carbocycles. The van der Waals surface area contributed by atoms with Crippen molar-refractivity contribution in [3.63, 3.8) is 0 Å². The molecule has 0 N–H and O–H groups in total. The standard InChI is InChI=1S/C15H17ClFN3/c1-3-6-14-18-13(16)10-15(19-14)20(4-2)12-8-5-7-11(17)9-12/h5,7-10H,3-4,6H2,1-2H3. The highest BCUT2D eigenvalue weighted by atomic mass is 35.5. The van der Waals surface area contributed by atoms with Crippen molar-refractivity contribution in [1.29, 1.82) is 0 Å². The summed E-state index contributed by atoms with van der Waals surface area (Å²) >= 11 is 6.05. The van der Waals surface area contributed by atoms with E-state index >= 15 is 0 Å². The van der Waals surface area contributed by atoms with Gasteiger partial charge in [0.25, 0.3) is 0 Å². The fourth-order valence-electron chi connectivity index (χ4n) is 2.05. The summed E-state index contributed by atoms with van der Waals surface area (Å²) in [5.41, 5.74) is 0.754. The van der Waals surface area contributed by atoms with Gasteiger partial charge in [0, 0.05) is 24.7 Å². The molecule has 1 heterocycles. The molecule has 0 aliphatic heterocycles. The maximum absolute atomic E-state index is 13.4. The van der Waals surface area contributed by atoms with Gasteiger partial charge in [0.15, 0.2) is 0 Å². The zero-order valence-corrected chi connectivity index (χ0v) is 12.4. The number of aryl methyl sites for hydroxylation is 1. The second-order valence-electron chi connectivity index (χ2n) is 4.44. The number of aromatic nitrogens is 2. The van der Waals surface area contributed by atoms with Gasteiger partial charge in [-0.3, -0.25) is 0 Å². The Hall–Kier alpha value is -1.68. The minimum Gasteiger partial charge on any atom is -0.326 e. The lowest BCUT2D eigenvalue weighted by atomic mass is 10.2. The molecule has 0 aliphatic rings. The highest BCUT2D eigenvalue weighted by molar-refractivity contribution is 6.29. The van der Waals surface area contributed by atoms with Gasteiger partial charge < -0.3 is 4.90 Å². The van der Waals surface area contributed by atoms with Crippen LogP contribution in [0.25, 0.3) is 0 Å². The van der Waals surface area contributed by atoms with Crippen LogP contribution in [0.4, 0.5) is 15.9 Å². The van der Waals surface area contributed by atoms with Crippen LogP contribution in [0, 0.1) is 5.82 Å². The second-order valence-corrected chi connectivity index (χ2v) is 4.83. The molecule has 1 aromatic carbocycles. The summed E-state index contributed by atoms with van der Waals surface area (Å²) in [5, 5.41) is 0.410. The molecule has 0 unspecified atom stereocenters. The van der Waals surface area contributed by atoms with Crippen LogP contribution in [0.1, 0.15) is 26.1 Å². The Bertz CT molecular complexity index is 589. The van der Waals surface area contributed by atoms with Crippen molar-refractivity contribution < 1.29 is 4.39 Å². The number of rotatable bonds is 5. The van der Waals surface area contributed by atoms with Crippen LogP contribution in [0.5, 0.6) is 0 Å². The molecule has 1 aromatic heterocycles. The highest BCUT2D eigenvalue weighted by Gasteiger charge is 2.12. The van der Waals surface area contributed by atoms with Gasteiger partial charge >= 0.3 is 0 Å². The normalized spacial score (nSPS) is 10.6. The van der Waals surface area contributed by atoms with E-state index in [0.29, 0.717) is 23.3 Å². The number of anilines is 2. The summed E-state index contributed by atoms with van der Waals surface area (Å²) < 4.78 is 13.4. The van der Waals surface area contributed by atoms with E-state index in [4.69, 9.17) is 11.6 Å². The number of hydrogen-bond donors (Lipinski definition) is 0. The van der Waals surface area contributed by atoms with Crippen molar-refractivity contribution in [3.05, 3.63) is 47.1 Å². The summed E-state index contributed by atoms with van der Waals surface area (Å²) in [6, 6.07) is 8.14. The molecule has 0 saturated heterocycles. The Morgan fingerprint density at radius 2 is 2.00 bits per heavy atom. The minimum absolute atomic E-state index is 0.269. The van der Waals surface area contributed by atoms with E-state index in [2.05, 4.69) is 16.9 Å². The van der Waals surface area contributed by atoms with Gasteiger partial charge in [0.1, 0.15) is 22.6 Å². The van der Waals surface area contributed by atoms with Crippen molar-refractivity contribution in [3.8, 4) is 0 Å². The van der Waals surface area contributed by atoms with Gasteiger partial charge in [0.2, 0.25) is 0 Å². The Morgan fingerprint density at radius 1 is 1.20 bits per heavy atom. The average Bonchev–Trinajstić information content (AvgIpc) is 2.39. The molecule has 0 spiro atoms. The summed E-state index contributed by atoms with van der Waals surface area (Å²) in [6.07, 6.45) is 1.72. The number of hydrogen-bond acceptors (Lipinski definition) is 3. The number of nitrogens with zero attached hydrogens (tertiary/aromatic N) is 3. The highest BCUT2D eigenvalue weighted by Crippen LogP contribution is 2.25. The predicted molar refractivity (Wildman–Crippen MR) is 80.1 cm³/mol. The molecule has 0 fully saturated rings. The predicted octanol–water partition coefficient (Wildman–Crippen LogP) is 4.38. The third kappa shape index (κ3) is 3.45. The van der Waals surface area contributed by atoms with E-state index in [-0.39, 0.29) is 5.82 Å². The Balaban J connectivity index is 2.41. The molecule has 2 aromatic rings. The molecule has 0 radical (unpaired) electrons. The topological polar surface area (TPSA) is 29.0 Å². The molecule has 0 atom stereocenters. The van der Waals surface area contributed by atoms with Crippen LogP contribution < -0.4 is 4.90 Å². The first-order valence-electron chi connectivity index (χ1n) is 6.70.